The number of esters is 1. The number of aromatic nitrogens is 2. The Hall–Kier alpha value is -1.89. The predicted octanol–water partition coefficient (Wildman–Crippen LogP) is 3.02. The van der Waals surface area contributed by atoms with E-state index in [0.717, 1.165) is 17.0 Å². The summed E-state index contributed by atoms with van der Waals surface area (Å²) in [6, 6.07) is -0.00250. The van der Waals surface area contributed by atoms with Crippen LogP contribution in [0.5, 0.6) is 0 Å². The highest BCUT2D eigenvalue weighted by Gasteiger charge is 2.20. The van der Waals surface area contributed by atoms with Gasteiger partial charge in [-0.3, -0.25) is 0 Å². The zero-order chi connectivity index (χ0) is 14.9. The Morgan fingerprint density at radius 3 is 2.60 bits per heavy atom. The van der Waals surface area contributed by atoms with Crippen LogP contribution in [0.2, 0.25) is 0 Å². The van der Waals surface area contributed by atoms with Crippen molar-refractivity contribution in [2.24, 2.45) is 0 Å². The minimum Gasteiger partial charge on any atom is -0.465 e. The highest BCUT2D eigenvalue weighted by molar-refractivity contribution is 7.17. The number of carbonyl (C=O) groups is 1. The molecule has 20 heavy (non-hydrogen) atoms. The van der Waals surface area contributed by atoms with Crippen LogP contribution in [0, 0.1) is 20.8 Å². The number of carbonyl (C=O) groups excluding carboxylic acids is 1. The molecule has 1 unspecified atom stereocenters. The molecule has 0 fully saturated rings. The molecule has 0 radical (unpaired) electrons. The third-order valence-electron chi connectivity index (χ3n) is 3.03. The van der Waals surface area contributed by atoms with E-state index >= 15 is 0 Å². The van der Waals surface area contributed by atoms with Crippen LogP contribution >= 0.6 is 11.3 Å². The van der Waals surface area contributed by atoms with Crippen molar-refractivity contribution < 1.29 is 14.1 Å². The Balaban J connectivity index is 2.20. The van der Waals surface area contributed by atoms with E-state index in [-0.39, 0.29) is 12.0 Å². The maximum Gasteiger partial charge on any atom is 0.350 e. The van der Waals surface area contributed by atoms with Gasteiger partial charge in [-0.15, -0.1) is 0 Å². The first-order chi connectivity index (χ1) is 9.43. The van der Waals surface area contributed by atoms with Gasteiger partial charge in [0.25, 0.3) is 0 Å². The molecule has 0 aliphatic heterocycles. The molecule has 2 aromatic rings. The quantitative estimate of drug-likeness (QED) is 0.874. The van der Waals surface area contributed by atoms with E-state index < -0.39 is 0 Å². The van der Waals surface area contributed by atoms with Crippen LogP contribution in [-0.2, 0) is 4.74 Å². The maximum atomic E-state index is 11.6. The molecule has 2 aromatic heterocycles. The SMILES string of the molecule is COC(=O)c1sc(NC(C)c2c(C)noc2C)nc1C. The minimum atomic E-state index is -0.363. The third kappa shape index (κ3) is 2.67. The number of nitrogens with one attached hydrogen (secondary N) is 1. The third-order valence-corrected chi connectivity index (χ3v) is 4.10. The summed E-state index contributed by atoms with van der Waals surface area (Å²) in [6.07, 6.45) is 0. The van der Waals surface area contributed by atoms with Crippen molar-refractivity contribution in [3.05, 3.63) is 27.6 Å². The highest BCUT2D eigenvalue weighted by Crippen LogP contribution is 2.29. The molecule has 0 aliphatic rings. The normalized spacial score (nSPS) is 12.2. The van der Waals surface area contributed by atoms with Crippen LogP contribution in [0.3, 0.4) is 0 Å². The first-order valence-corrected chi connectivity index (χ1v) is 7.00. The highest BCUT2D eigenvalue weighted by atomic mass is 32.1. The van der Waals surface area contributed by atoms with E-state index in [2.05, 4.69) is 15.5 Å². The average Bonchev–Trinajstić information content (AvgIpc) is 2.91. The molecule has 0 bridgehead atoms. The van der Waals surface area contributed by atoms with Gasteiger partial charge in [-0.25, -0.2) is 9.78 Å². The Labute approximate surface area is 121 Å². The van der Waals surface area contributed by atoms with E-state index in [4.69, 9.17) is 9.26 Å². The number of rotatable bonds is 4. The summed E-state index contributed by atoms with van der Waals surface area (Å²) in [5.41, 5.74) is 2.52. The summed E-state index contributed by atoms with van der Waals surface area (Å²) < 4.78 is 9.88. The number of nitrogens with zero attached hydrogens (tertiary/aromatic N) is 2. The summed E-state index contributed by atoms with van der Waals surface area (Å²) in [5.74, 6) is 0.419. The van der Waals surface area contributed by atoms with Crippen molar-refractivity contribution in [3.8, 4) is 0 Å². The van der Waals surface area contributed by atoms with E-state index in [0.29, 0.717) is 15.7 Å². The molecular formula is C13H17N3O3S. The van der Waals surface area contributed by atoms with Crippen LogP contribution in [0.4, 0.5) is 5.13 Å². The average molecular weight is 295 g/mol. The van der Waals surface area contributed by atoms with Gasteiger partial charge in [0.1, 0.15) is 10.6 Å². The molecule has 2 heterocycles. The minimum absolute atomic E-state index is 0.00250. The largest absolute Gasteiger partial charge is 0.465 e. The van der Waals surface area contributed by atoms with Crippen molar-refractivity contribution in [1.29, 1.82) is 0 Å². The molecular weight excluding hydrogens is 278 g/mol. The number of hydrogen-bond acceptors (Lipinski definition) is 7. The lowest BCUT2D eigenvalue weighted by molar-refractivity contribution is 0.0605. The zero-order valence-corrected chi connectivity index (χ0v) is 12.9. The summed E-state index contributed by atoms with van der Waals surface area (Å²) in [7, 11) is 1.36. The van der Waals surface area contributed by atoms with Crippen LogP contribution in [-0.4, -0.2) is 23.2 Å². The lowest BCUT2D eigenvalue weighted by Crippen LogP contribution is -2.08. The molecule has 2 rings (SSSR count). The van der Waals surface area contributed by atoms with Crippen molar-refractivity contribution in [2.45, 2.75) is 33.7 Å². The van der Waals surface area contributed by atoms with Crippen LogP contribution in [0.25, 0.3) is 0 Å². The second-order valence-corrected chi connectivity index (χ2v) is 5.53. The number of thiazole rings is 1. The van der Waals surface area contributed by atoms with E-state index in [1.165, 1.54) is 18.4 Å². The molecule has 0 saturated heterocycles. The van der Waals surface area contributed by atoms with Gasteiger partial charge < -0.3 is 14.6 Å². The lowest BCUT2D eigenvalue weighted by atomic mass is 10.1. The van der Waals surface area contributed by atoms with Crippen molar-refractivity contribution >= 4 is 22.4 Å². The number of aryl methyl sites for hydroxylation is 3. The molecule has 0 aromatic carbocycles. The number of anilines is 1. The van der Waals surface area contributed by atoms with Gasteiger partial charge in [0.2, 0.25) is 0 Å². The summed E-state index contributed by atoms with van der Waals surface area (Å²) in [4.78, 5) is 16.4. The topological polar surface area (TPSA) is 77.2 Å². The van der Waals surface area contributed by atoms with Gasteiger partial charge >= 0.3 is 5.97 Å². The van der Waals surface area contributed by atoms with Gasteiger partial charge in [-0.05, 0) is 27.7 Å². The Bertz CT molecular complexity index is 613. The molecule has 7 heteroatoms. The molecule has 1 atom stereocenters. The predicted molar refractivity (Wildman–Crippen MR) is 76.2 cm³/mol. The fourth-order valence-corrected chi connectivity index (χ4v) is 3.08. The first-order valence-electron chi connectivity index (χ1n) is 6.19. The molecule has 0 spiro atoms. The van der Waals surface area contributed by atoms with E-state index in [9.17, 15) is 4.79 Å². The fraction of sp³-hybridized carbons (Fsp3) is 0.462. The smallest absolute Gasteiger partial charge is 0.350 e. The Morgan fingerprint density at radius 2 is 2.05 bits per heavy atom. The molecule has 0 aliphatic carbocycles. The van der Waals surface area contributed by atoms with Crippen LogP contribution in [0.1, 0.15) is 45.3 Å². The summed E-state index contributed by atoms with van der Waals surface area (Å²) >= 11 is 1.28. The Kier molecular flexibility index (Phi) is 4.08. The Morgan fingerprint density at radius 1 is 1.35 bits per heavy atom. The summed E-state index contributed by atoms with van der Waals surface area (Å²) in [6.45, 7) is 7.56. The van der Waals surface area contributed by atoms with Gasteiger partial charge in [-0.1, -0.05) is 16.5 Å². The maximum absolute atomic E-state index is 11.6. The molecule has 0 saturated carbocycles. The van der Waals surface area contributed by atoms with E-state index in [1.807, 2.05) is 20.8 Å². The van der Waals surface area contributed by atoms with Crippen molar-refractivity contribution in [3.63, 3.8) is 0 Å². The number of hydrogen-bond donors (Lipinski definition) is 1. The van der Waals surface area contributed by atoms with Crippen molar-refractivity contribution in [2.75, 3.05) is 12.4 Å². The van der Waals surface area contributed by atoms with Gasteiger partial charge in [0.05, 0.1) is 24.5 Å². The van der Waals surface area contributed by atoms with Gasteiger partial charge in [0, 0.05) is 5.56 Å². The first kappa shape index (κ1) is 14.5. The molecule has 0 amide bonds. The van der Waals surface area contributed by atoms with Gasteiger partial charge in [-0.2, -0.15) is 0 Å². The lowest BCUT2D eigenvalue weighted by Gasteiger charge is -2.12. The van der Waals surface area contributed by atoms with Crippen molar-refractivity contribution in [1.82, 2.24) is 10.1 Å². The van der Waals surface area contributed by atoms with E-state index in [1.54, 1.807) is 6.92 Å². The molecule has 6 nitrogen and oxygen atoms in total. The number of methoxy groups -OCH3 is 1. The molecule has 1 N–H and O–H groups in total. The second-order valence-electron chi connectivity index (χ2n) is 4.53. The summed E-state index contributed by atoms with van der Waals surface area (Å²) in [5, 5.41) is 7.88. The second kappa shape index (κ2) is 5.62. The van der Waals surface area contributed by atoms with Gasteiger partial charge in [0.15, 0.2) is 5.13 Å². The van der Waals surface area contributed by atoms with Crippen LogP contribution in [0.15, 0.2) is 4.52 Å². The zero-order valence-electron chi connectivity index (χ0n) is 12.1. The standard InChI is InChI=1S/C13H17N3O3S/c1-6(10-7(2)16-19-9(10)4)14-13-15-8(3)11(20-13)12(17)18-5/h6H,1-5H3,(H,14,15). The molecule has 108 valence electrons. The number of ether oxygens (including phenoxy) is 1. The van der Waals surface area contributed by atoms with Crippen LogP contribution < -0.4 is 5.32 Å². The fourth-order valence-electron chi connectivity index (χ4n) is 2.11. The monoisotopic (exact) mass is 295 g/mol.